The molecule has 0 aliphatic rings. The summed E-state index contributed by atoms with van der Waals surface area (Å²) in [4.78, 5) is 10.7. The highest BCUT2D eigenvalue weighted by Gasteiger charge is 2.12. The van der Waals surface area contributed by atoms with Gasteiger partial charge in [0.05, 0.1) is 0 Å². The van der Waals surface area contributed by atoms with Gasteiger partial charge in [-0.15, -0.1) is 0 Å². The lowest BCUT2D eigenvalue weighted by atomic mass is 10.1. The maximum Gasteiger partial charge on any atom is 0.320 e. The van der Waals surface area contributed by atoms with Crippen LogP contribution in [0.4, 0.5) is 0 Å². The Bertz CT molecular complexity index is 160. The topological polar surface area (TPSA) is 49.3 Å². The van der Waals surface area contributed by atoms with Crippen molar-refractivity contribution in [3.05, 3.63) is 0 Å². The second-order valence-electron chi connectivity index (χ2n) is 4.02. The van der Waals surface area contributed by atoms with Crippen molar-refractivity contribution in [2.24, 2.45) is 0 Å². The summed E-state index contributed by atoms with van der Waals surface area (Å²) in [7, 11) is 0. The highest BCUT2D eigenvalue weighted by atomic mass is 16.4. The van der Waals surface area contributed by atoms with E-state index in [0.29, 0.717) is 6.42 Å². The fourth-order valence-corrected chi connectivity index (χ4v) is 1.59. The van der Waals surface area contributed by atoms with Crippen LogP contribution in [-0.4, -0.2) is 23.7 Å². The number of rotatable bonds is 10. The molecule has 0 aliphatic carbocycles. The van der Waals surface area contributed by atoms with Gasteiger partial charge < -0.3 is 10.4 Å². The second-order valence-corrected chi connectivity index (χ2v) is 4.02. The summed E-state index contributed by atoms with van der Waals surface area (Å²) in [5.74, 6) is -0.733. The Morgan fingerprint density at radius 3 is 2.27 bits per heavy atom. The maximum absolute atomic E-state index is 10.7. The molecule has 3 nitrogen and oxygen atoms in total. The van der Waals surface area contributed by atoms with Crippen LogP contribution in [0.1, 0.15) is 58.8 Å². The molecule has 0 amide bonds. The second kappa shape index (κ2) is 9.97. The van der Waals surface area contributed by atoms with E-state index in [2.05, 4.69) is 12.2 Å². The lowest BCUT2D eigenvalue weighted by Crippen LogP contribution is -2.36. The van der Waals surface area contributed by atoms with Gasteiger partial charge in [-0.3, -0.25) is 4.79 Å². The third kappa shape index (κ3) is 8.43. The first-order chi connectivity index (χ1) is 7.22. The summed E-state index contributed by atoms with van der Waals surface area (Å²) < 4.78 is 0. The summed E-state index contributed by atoms with van der Waals surface area (Å²) in [5.41, 5.74) is 0. The van der Waals surface area contributed by atoms with Gasteiger partial charge >= 0.3 is 5.97 Å². The van der Waals surface area contributed by atoms with Gasteiger partial charge in [0, 0.05) is 0 Å². The molecule has 1 unspecified atom stereocenters. The van der Waals surface area contributed by atoms with Crippen LogP contribution >= 0.6 is 0 Å². The molecule has 2 N–H and O–H groups in total. The Morgan fingerprint density at radius 1 is 1.13 bits per heavy atom. The molecule has 0 bridgehead atoms. The number of aliphatic carboxylic acids is 1. The average molecular weight is 215 g/mol. The lowest BCUT2D eigenvalue weighted by molar-refractivity contribution is -0.139. The van der Waals surface area contributed by atoms with Crippen LogP contribution in [0.3, 0.4) is 0 Å². The van der Waals surface area contributed by atoms with Crippen molar-refractivity contribution in [1.82, 2.24) is 5.32 Å². The number of hydrogen-bond donors (Lipinski definition) is 2. The largest absolute Gasteiger partial charge is 0.480 e. The molecule has 1 atom stereocenters. The van der Waals surface area contributed by atoms with E-state index in [1.165, 1.54) is 32.1 Å². The predicted octanol–water partition coefficient (Wildman–Crippen LogP) is 2.80. The molecule has 3 heteroatoms. The van der Waals surface area contributed by atoms with Crippen molar-refractivity contribution < 1.29 is 9.90 Å². The monoisotopic (exact) mass is 215 g/mol. The third-order valence-corrected chi connectivity index (χ3v) is 2.63. The molecule has 90 valence electrons. The van der Waals surface area contributed by atoms with Crippen LogP contribution in [0.15, 0.2) is 0 Å². The van der Waals surface area contributed by atoms with E-state index in [0.717, 1.165) is 13.0 Å². The van der Waals surface area contributed by atoms with Crippen molar-refractivity contribution in [2.75, 3.05) is 6.54 Å². The normalized spacial score (nSPS) is 12.7. The average Bonchev–Trinajstić information content (AvgIpc) is 2.21. The molecule has 15 heavy (non-hydrogen) atoms. The van der Waals surface area contributed by atoms with Gasteiger partial charge in [-0.05, 0) is 19.4 Å². The van der Waals surface area contributed by atoms with E-state index in [1.807, 2.05) is 6.92 Å². The van der Waals surface area contributed by atoms with Crippen LogP contribution < -0.4 is 5.32 Å². The Labute approximate surface area is 93.3 Å². The molecule has 0 fully saturated rings. The van der Waals surface area contributed by atoms with Crippen molar-refractivity contribution in [3.63, 3.8) is 0 Å². The van der Waals surface area contributed by atoms with Crippen molar-refractivity contribution in [2.45, 2.75) is 64.8 Å². The zero-order valence-electron chi connectivity index (χ0n) is 10.1. The van der Waals surface area contributed by atoms with E-state index in [4.69, 9.17) is 5.11 Å². The molecule has 0 aromatic rings. The summed E-state index contributed by atoms with van der Waals surface area (Å²) >= 11 is 0. The predicted molar refractivity (Wildman–Crippen MR) is 63.1 cm³/mol. The van der Waals surface area contributed by atoms with E-state index < -0.39 is 5.97 Å². The Hall–Kier alpha value is -0.570. The zero-order chi connectivity index (χ0) is 11.5. The Morgan fingerprint density at radius 2 is 1.73 bits per heavy atom. The van der Waals surface area contributed by atoms with Gasteiger partial charge in [-0.2, -0.15) is 0 Å². The molecule has 0 rings (SSSR count). The van der Waals surface area contributed by atoms with Gasteiger partial charge in [-0.25, -0.2) is 0 Å². The molecule has 0 aliphatic heterocycles. The van der Waals surface area contributed by atoms with Gasteiger partial charge in [-0.1, -0.05) is 46.0 Å². The van der Waals surface area contributed by atoms with E-state index in [9.17, 15) is 4.79 Å². The number of hydrogen-bond acceptors (Lipinski definition) is 2. The Balaban J connectivity index is 3.25. The highest BCUT2D eigenvalue weighted by Crippen LogP contribution is 2.04. The number of carboxylic acid groups (broad SMARTS) is 1. The number of carbonyl (C=O) groups is 1. The Kier molecular flexibility index (Phi) is 9.59. The van der Waals surface area contributed by atoms with E-state index in [-0.39, 0.29) is 6.04 Å². The van der Waals surface area contributed by atoms with Crippen molar-refractivity contribution in [1.29, 1.82) is 0 Å². The molecule has 0 saturated heterocycles. The number of nitrogens with one attached hydrogen (secondary N) is 1. The van der Waals surface area contributed by atoms with Crippen molar-refractivity contribution in [3.8, 4) is 0 Å². The summed E-state index contributed by atoms with van der Waals surface area (Å²) in [6.45, 7) is 4.93. The molecular weight excluding hydrogens is 190 g/mol. The molecule has 0 heterocycles. The summed E-state index contributed by atoms with van der Waals surface area (Å²) in [5, 5.41) is 11.8. The zero-order valence-corrected chi connectivity index (χ0v) is 10.1. The molecular formula is C12H25NO2. The fourth-order valence-electron chi connectivity index (χ4n) is 1.59. The van der Waals surface area contributed by atoms with E-state index >= 15 is 0 Å². The minimum absolute atomic E-state index is 0.361. The summed E-state index contributed by atoms with van der Waals surface area (Å²) in [6.07, 6.45) is 8.14. The van der Waals surface area contributed by atoms with Gasteiger partial charge in [0.25, 0.3) is 0 Å². The van der Waals surface area contributed by atoms with Gasteiger partial charge in [0.15, 0.2) is 0 Å². The molecule has 0 aromatic carbocycles. The first-order valence-corrected chi connectivity index (χ1v) is 6.18. The smallest absolute Gasteiger partial charge is 0.320 e. The van der Waals surface area contributed by atoms with Crippen molar-refractivity contribution >= 4 is 5.97 Å². The van der Waals surface area contributed by atoms with Gasteiger partial charge in [0.1, 0.15) is 6.04 Å². The van der Waals surface area contributed by atoms with Crippen LogP contribution in [-0.2, 0) is 4.79 Å². The third-order valence-electron chi connectivity index (χ3n) is 2.63. The first kappa shape index (κ1) is 14.4. The van der Waals surface area contributed by atoms with Crippen LogP contribution in [0.5, 0.6) is 0 Å². The maximum atomic E-state index is 10.7. The van der Waals surface area contributed by atoms with Crippen LogP contribution in [0.25, 0.3) is 0 Å². The quantitative estimate of drug-likeness (QED) is 0.551. The molecule has 0 radical (unpaired) electrons. The molecule has 0 saturated carbocycles. The molecule has 0 spiro atoms. The number of unbranched alkanes of at least 4 members (excludes halogenated alkanes) is 5. The molecule has 0 aromatic heterocycles. The minimum Gasteiger partial charge on any atom is -0.480 e. The van der Waals surface area contributed by atoms with Crippen LogP contribution in [0.2, 0.25) is 0 Å². The van der Waals surface area contributed by atoms with E-state index in [1.54, 1.807) is 0 Å². The van der Waals surface area contributed by atoms with Crippen LogP contribution in [0, 0.1) is 0 Å². The standard InChI is InChI=1S/C12H25NO2/c1-3-5-6-7-8-9-10-13-11(4-2)12(14)15/h11,13H,3-10H2,1-2H3,(H,14,15). The van der Waals surface area contributed by atoms with Gasteiger partial charge in [0.2, 0.25) is 0 Å². The minimum atomic E-state index is -0.733. The lowest BCUT2D eigenvalue weighted by Gasteiger charge is -2.11. The fraction of sp³-hybridized carbons (Fsp3) is 0.917. The SMILES string of the molecule is CCCCCCCCNC(CC)C(=O)O. The first-order valence-electron chi connectivity index (χ1n) is 6.18. The number of carboxylic acids is 1. The summed E-state index contributed by atoms with van der Waals surface area (Å²) in [6, 6.07) is -0.361. The highest BCUT2D eigenvalue weighted by molar-refractivity contribution is 5.73.